The number of hydrogen-bond acceptors (Lipinski definition) is 3. The highest BCUT2D eigenvalue weighted by Crippen LogP contribution is 2.24. The summed E-state index contributed by atoms with van der Waals surface area (Å²) in [6.07, 6.45) is -0.567. The Morgan fingerprint density at radius 3 is 2.75 bits per heavy atom. The summed E-state index contributed by atoms with van der Waals surface area (Å²) in [5, 5.41) is 11.0. The van der Waals surface area contributed by atoms with Crippen molar-refractivity contribution in [1.82, 2.24) is 4.90 Å². The Kier molecular flexibility index (Phi) is 2.99. The van der Waals surface area contributed by atoms with Gasteiger partial charge in [-0.3, -0.25) is 0 Å². The molecule has 0 saturated heterocycles. The van der Waals surface area contributed by atoms with Crippen LogP contribution in [0.3, 0.4) is 0 Å². The van der Waals surface area contributed by atoms with Crippen LogP contribution in [0.25, 0.3) is 11.0 Å². The lowest BCUT2D eigenvalue weighted by Gasteiger charge is -2.13. The molecule has 0 amide bonds. The molecule has 3 nitrogen and oxygen atoms in total. The van der Waals surface area contributed by atoms with Gasteiger partial charge in [-0.25, -0.2) is 0 Å². The fraction of sp³-hybridized carbons (Fsp3) is 0.385. The number of likely N-dealkylation sites (N-methyl/N-ethyl adjacent to an activating group) is 1. The van der Waals surface area contributed by atoms with E-state index in [1.807, 2.05) is 44.1 Å². The molecule has 1 aromatic heterocycles. The number of fused-ring (bicyclic) bond motifs is 1. The van der Waals surface area contributed by atoms with Crippen LogP contribution in [0.15, 0.2) is 28.7 Å². The molecular weight excluding hydrogens is 202 g/mol. The average molecular weight is 219 g/mol. The summed E-state index contributed by atoms with van der Waals surface area (Å²) in [6, 6.07) is 7.92. The molecule has 1 atom stereocenters. The summed E-state index contributed by atoms with van der Waals surface area (Å²) < 4.78 is 5.61. The van der Waals surface area contributed by atoms with Crippen LogP contribution in [-0.4, -0.2) is 30.6 Å². The Morgan fingerprint density at radius 1 is 1.31 bits per heavy atom. The van der Waals surface area contributed by atoms with Gasteiger partial charge >= 0.3 is 0 Å². The van der Waals surface area contributed by atoms with Gasteiger partial charge in [0.15, 0.2) is 0 Å². The zero-order valence-electron chi connectivity index (χ0n) is 9.90. The van der Waals surface area contributed by atoms with Crippen LogP contribution in [0.4, 0.5) is 0 Å². The standard InChI is InChI=1S/C13H17NO2/c1-9-4-5-12-10(6-9)7-13(16-12)11(15)8-14(2)3/h4-7,11,15H,8H2,1-3H3. The molecule has 86 valence electrons. The molecule has 0 aliphatic carbocycles. The average Bonchev–Trinajstić information content (AvgIpc) is 2.59. The number of benzene rings is 1. The molecule has 1 N–H and O–H groups in total. The fourth-order valence-electron chi connectivity index (χ4n) is 1.78. The summed E-state index contributed by atoms with van der Waals surface area (Å²) in [6.45, 7) is 2.61. The van der Waals surface area contributed by atoms with Gasteiger partial charge in [0.2, 0.25) is 0 Å². The maximum Gasteiger partial charge on any atom is 0.135 e. The predicted octanol–water partition coefficient (Wildman–Crippen LogP) is 2.34. The number of aryl methyl sites for hydroxylation is 1. The van der Waals surface area contributed by atoms with Crippen molar-refractivity contribution in [3.63, 3.8) is 0 Å². The van der Waals surface area contributed by atoms with Crippen molar-refractivity contribution in [2.24, 2.45) is 0 Å². The minimum absolute atomic E-state index is 0.567. The second-order valence-electron chi connectivity index (χ2n) is 4.47. The lowest BCUT2D eigenvalue weighted by Crippen LogP contribution is -2.19. The van der Waals surface area contributed by atoms with E-state index in [0.29, 0.717) is 12.3 Å². The van der Waals surface area contributed by atoms with Gasteiger partial charge in [0.05, 0.1) is 0 Å². The van der Waals surface area contributed by atoms with Crippen molar-refractivity contribution in [3.8, 4) is 0 Å². The highest BCUT2D eigenvalue weighted by molar-refractivity contribution is 5.78. The van der Waals surface area contributed by atoms with E-state index in [1.165, 1.54) is 5.56 Å². The summed E-state index contributed by atoms with van der Waals surface area (Å²) in [7, 11) is 3.85. The second kappa shape index (κ2) is 4.28. The smallest absolute Gasteiger partial charge is 0.135 e. The first-order chi connectivity index (χ1) is 7.56. The molecule has 0 fully saturated rings. The third-order valence-electron chi connectivity index (χ3n) is 2.56. The normalized spacial score (nSPS) is 13.6. The van der Waals surface area contributed by atoms with Gasteiger partial charge in [0, 0.05) is 11.9 Å². The molecule has 0 aliphatic heterocycles. The van der Waals surface area contributed by atoms with Gasteiger partial charge in [0.25, 0.3) is 0 Å². The van der Waals surface area contributed by atoms with E-state index >= 15 is 0 Å². The van der Waals surface area contributed by atoms with Crippen LogP contribution in [0, 0.1) is 6.92 Å². The third-order valence-corrected chi connectivity index (χ3v) is 2.56. The molecule has 0 bridgehead atoms. The highest BCUT2D eigenvalue weighted by Gasteiger charge is 2.13. The number of furan rings is 1. The van der Waals surface area contributed by atoms with Crippen LogP contribution in [0.5, 0.6) is 0 Å². The van der Waals surface area contributed by atoms with Gasteiger partial charge in [-0.15, -0.1) is 0 Å². The summed E-state index contributed by atoms with van der Waals surface area (Å²) in [5.74, 6) is 0.634. The van der Waals surface area contributed by atoms with Crippen molar-refractivity contribution in [2.45, 2.75) is 13.0 Å². The largest absolute Gasteiger partial charge is 0.458 e. The molecule has 2 rings (SSSR count). The number of hydrogen-bond donors (Lipinski definition) is 1. The Morgan fingerprint density at radius 2 is 2.06 bits per heavy atom. The van der Waals surface area contributed by atoms with E-state index in [0.717, 1.165) is 11.0 Å². The molecule has 2 aromatic rings. The lowest BCUT2D eigenvalue weighted by atomic mass is 10.1. The van der Waals surface area contributed by atoms with Gasteiger partial charge < -0.3 is 14.4 Å². The monoisotopic (exact) mass is 219 g/mol. The first kappa shape index (κ1) is 11.2. The van der Waals surface area contributed by atoms with E-state index in [2.05, 4.69) is 6.07 Å². The maximum absolute atomic E-state index is 9.93. The van der Waals surface area contributed by atoms with Crippen molar-refractivity contribution < 1.29 is 9.52 Å². The zero-order chi connectivity index (χ0) is 11.7. The summed E-state index contributed by atoms with van der Waals surface area (Å²) in [5.41, 5.74) is 2.03. The van der Waals surface area contributed by atoms with Crippen LogP contribution < -0.4 is 0 Å². The lowest BCUT2D eigenvalue weighted by molar-refractivity contribution is 0.117. The van der Waals surface area contributed by atoms with Gasteiger partial charge in [-0.05, 0) is 39.2 Å². The molecule has 1 heterocycles. The molecule has 0 spiro atoms. The van der Waals surface area contributed by atoms with Crippen LogP contribution in [-0.2, 0) is 0 Å². The van der Waals surface area contributed by atoms with Crippen molar-refractivity contribution >= 4 is 11.0 Å². The predicted molar refractivity (Wildman–Crippen MR) is 64.5 cm³/mol. The number of aliphatic hydroxyl groups is 1. The third kappa shape index (κ3) is 2.26. The molecule has 0 radical (unpaired) electrons. The van der Waals surface area contributed by atoms with Crippen LogP contribution in [0.2, 0.25) is 0 Å². The minimum Gasteiger partial charge on any atom is -0.458 e. The quantitative estimate of drug-likeness (QED) is 0.860. The summed E-state index contributed by atoms with van der Waals surface area (Å²) >= 11 is 0. The van der Waals surface area contributed by atoms with Crippen molar-refractivity contribution in [3.05, 3.63) is 35.6 Å². The minimum atomic E-state index is -0.567. The zero-order valence-corrected chi connectivity index (χ0v) is 9.90. The molecule has 1 unspecified atom stereocenters. The molecular formula is C13H17NO2. The van der Waals surface area contributed by atoms with Gasteiger partial charge in [-0.2, -0.15) is 0 Å². The Labute approximate surface area is 95.3 Å². The number of nitrogens with zero attached hydrogens (tertiary/aromatic N) is 1. The first-order valence-corrected chi connectivity index (χ1v) is 5.39. The number of rotatable bonds is 3. The Hall–Kier alpha value is -1.32. The summed E-state index contributed by atoms with van der Waals surface area (Å²) in [4.78, 5) is 1.93. The molecule has 16 heavy (non-hydrogen) atoms. The van der Waals surface area contributed by atoms with E-state index in [4.69, 9.17) is 4.42 Å². The highest BCUT2D eigenvalue weighted by atomic mass is 16.4. The van der Waals surface area contributed by atoms with E-state index in [-0.39, 0.29) is 0 Å². The first-order valence-electron chi connectivity index (χ1n) is 5.39. The van der Waals surface area contributed by atoms with Crippen molar-refractivity contribution in [2.75, 3.05) is 20.6 Å². The fourth-order valence-corrected chi connectivity index (χ4v) is 1.78. The van der Waals surface area contributed by atoms with E-state index < -0.39 is 6.10 Å². The molecule has 3 heteroatoms. The van der Waals surface area contributed by atoms with E-state index in [9.17, 15) is 5.11 Å². The van der Waals surface area contributed by atoms with Crippen LogP contribution in [0.1, 0.15) is 17.4 Å². The molecule has 0 saturated carbocycles. The van der Waals surface area contributed by atoms with E-state index in [1.54, 1.807) is 0 Å². The topological polar surface area (TPSA) is 36.6 Å². The maximum atomic E-state index is 9.93. The molecule has 0 aliphatic rings. The number of aliphatic hydroxyl groups excluding tert-OH is 1. The van der Waals surface area contributed by atoms with Gasteiger partial charge in [-0.1, -0.05) is 11.6 Å². The Balaban J connectivity index is 2.32. The van der Waals surface area contributed by atoms with Gasteiger partial charge in [0.1, 0.15) is 17.4 Å². The molecule has 1 aromatic carbocycles. The van der Waals surface area contributed by atoms with Crippen molar-refractivity contribution in [1.29, 1.82) is 0 Å². The van der Waals surface area contributed by atoms with Crippen LogP contribution >= 0.6 is 0 Å². The SMILES string of the molecule is Cc1ccc2oc(C(O)CN(C)C)cc2c1. The Bertz CT molecular complexity index is 488. The second-order valence-corrected chi connectivity index (χ2v) is 4.47.